The van der Waals surface area contributed by atoms with Crippen molar-refractivity contribution in [2.45, 2.75) is 20.4 Å². The Hall–Kier alpha value is -2.21. The summed E-state index contributed by atoms with van der Waals surface area (Å²) < 4.78 is 5.05. The van der Waals surface area contributed by atoms with Crippen molar-refractivity contribution in [1.82, 2.24) is 5.16 Å². The first-order valence-corrected chi connectivity index (χ1v) is 6.26. The molecular weight excluding hydrogens is 282 g/mol. The second kappa shape index (κ2) is 5.42. The molecule has 1 aromatic heterocycles. The van der Waals surface area contributed by atoms with Gasteiger partial charge in [-0.3, -0.25) is 0 Å². The quantitative estimate of drug-likeness (QED) is 0.750. The van der Waals surface area contributed by atoms with Gasteiger partial charge in [-0.05, 0) is 26.0 Å². The van der Waals surface area contributed by atoms with E-state index in [0.29, 0.717) is 23.7 Å². The fourth-order valence-corrected chi connectivity index (χ4v) is 2.20. The summed E-state index contributed by atoms with van der Waals surface area (Å²) in [5, 5.41) is 16.3. The predicted molar refractivity (Wildman–Crippen MR) is 76.1 cm³/mol. The van der Waals surface area contributed by atoms with E-state index in [0.717, 1.165) is 11.3 Å². The summed E-state index contributed by atoms with van der Waals surface area (Å²) in [5.74, 6) is -0.418. The van der Waals surface area contributed by atoms with Crippen molar-refractivity contribution in [2.75, 3.05) is 11.1 Å². The van der Waals surface area contributed by atoms with E-state index in [1.54, 1.807) is 6.92 Å². The molecule has 2 aromatic rings. The highest BCUT2D eigenvalue weighted by Crippen LogP contribution is 2.30. The van der Waals surface area contributed by atoms with E-state index in [1.807, 2.05) is 6.92 Å². The van der Waals surface area contributed by atoms with E-state index in [1.165, 1.54) is 12.1 Å². The molecule has 0 aliphatic carbocycles. The summed E-state index contributed by atoms with van der Waals surface area (Å²) in [4.78, 5) is 11.2. The van der Waals surface area contributed by atoms with Crippen LogP contribution in [0.4, 0.5) is 11.4 Å². The Balaban J connectivity index is 2.32. The summed E-state index contributed by atoms with van der Waals surface area (Å²) >= 11 is 6.05. The van der Waals surface area contributed by atoms with Gasteiger partial charge in [0.05, 0.1) is 22.0 Å². The lowest BCUT2D eigenvalue weighted by Gasteiger charge is -2.12. The molecule has 7 heteroatoms. The van der Waals surface area contributed by atoms with Gasteiger partial charge in [0.25, 0.3) is 0 Å². The summed E-state index contributed by atoms with van der Waals surface area (Å²) in [6.45, 7) is 3.97. The SMILES string of the molecule is Cc1noc(C)c1CNc1c(Cl)cc(N)cc1C(=O)O. The van der Waals surface area contributed by atoms with E-state index in [4.69, 9.17) is 21.9 Å². The fraction of sp³-hybridized carbons (Fsp3) is 0.231. The number of carboxylic acid groups (broad SMARTS) is 1. The van der Waals surface area contributed by atoms with Crippen LogP contribution in [0.2, 0.25) is 5.02 Å². The van der Waals surface area contributed by atoms with Gasteiger partial charge in [0.1, 0.15) is 5.76 Å². The third-order valence-corrected chi connectivity index (χ3v) is 3.26. The summed E-state index contributed by atoms with van der Waals surface area (Å²) in [7, 11) is 0. The zero-order valence-electron chi connectivity index (χ0n) is 11.0. The highest BCUT2D eigenvalue weighted by atomic mass is 35.5. The van der Waals surface area contributed by atoms with Crippen LogP contribution in [0.1, 0.15) is 27.4 Å². The minimum Gasteiger partial charge on any atom is -0.478 e. The Bertz CT molecular complexity index is 648. The van der Waals surface area contributed by atoms with Crippen molar-refractivity contribution in [2.24, 2.45) is 0 Å². The summed E-state index contributed by atoms with van der Waals surface area (Å²) in [6.07, 6.45) is 0. The van der Waals surface area contributed by atoms with Gasteiger partial charge >= 0.3 is 5.97 Å². The average Bonchev–Trinajstić information content (AvgIpc) is 2.67. The summed E-state index contributed by atoms with van der Waals surface area (Å²) in [6, 6.07) is 2.87. The van der Waals surface area contributed by atoms with Crippen LogP contribution in [0.15, 0.2) is 16.7 Å². The van der Waals surface area contributed by atoms with Gasteiger partial charge in [-0.15, -0.1) is 0 Å². The van der Waals surface area contributed by atoms with Gasteiger partial charge in [0, 0.05) is 17.8 Å². The molecule has 0 atom stereocenters. The molecule has 106 valence electrons. The number of aromatic carboxylic acids is 1. The van der Waals surface area contributed by atoms with Gasteiger partial charge in [-0.2, -0.15) is 0 Å². The lowest BCUT2D eigenvalue weighted by Crippen LogP contribution is -2.09. The number of nitrogen functional groups attached to an aromatic ring is 1. The van der Waals surface area contributed by atoms with Crippen LogP contribution in [-0.4, -0.2) is 16.2 Å². The van der Waals surface area contributed by atoms with Crippen LogP contribution in [0, 0.1) is 13.8 Å². The average molecular weight is 296 g/mol. The highest BCUT2D eigenvalue weighted by Gasteiger charge is 2.16. The molecule has 0 unspecified atom stereocenters. The van der Waals surface area contributed by atoms with Crippen LogP contribution in [0.3, 0.4) is 0 Å². The lowest BCUT2D eigenvalue weighted by atomic mass is 10.1. The first kappa shape index (κ1) is 14.2. The highest BCUT2D eigenvalue weighted by molar-refractivity contribution is 6.34. The first-order valence-electron chi connectivity index (χ1n) is 5.88. The molecule has 20 heavy (non-hydrogen) atoms. The number of carboxylic acids is 1. The number of aryl methyl sites for hydroxylation is 2. The zero-order valence-corrected chi connectivity index (χ0v) is 11.8. The molecule has 0 radical (unpaired) electrons. The Kier molecular flexibility index (Phi) is 3.85. The number of rotatable bonds is 4. The number of hydrogen-bond donors (Lipinski definition) is 3. The maximum absolute atomic E-state index is 11.2. The van der Waals surface area contributed by atoms with Crippen molar-refractivity contribution >= 4 is 28.9 Å². The normalized spacial score (nSPS) is 10.6. The molecule has 0 aliphatic rings. The number of hydrogen-bond acceptors (Lipinski definition) is 5. The van der Waals surface area contributed by atoms with E-state index >= 15 is 0 Å². The smallest absolute Gasteiger partial charge is 0.337 e. The van der Waals surface area contributed by atoms with E-state index in [9.17, 15) is 9.90 Å². The second-order valence-corrected chi connectivity index (χ2v) is 4.79. The molecule has 1 heterocycles. The summed E-state index contributed by atoms with van der Waals surface area (Å²) in [5.41, 5.74) is 7.88. The number of carbonyl (C=O) groups is 1. The van der Waals surface area contributed by atoms with Gasteiger partial charge < -0.3 is 20.7 Å². The van der Waals surface area contributed by atoms with Gasteiger partial charge in [0.2, 0.25) is 0 Å². The zero-order chi connectivity index (χ0) is 14.9. The number of nitrogens with one attached hydrogen (secondary N) is 1. The maximum Gasteiger partial charge on any atom is 0.337 e. The Labute approximate surface area is 120 Å². The lowest BCUT2D eigenvalue weighted by molar-refractivity contribution is 0.0698. The maximum atomic E-state index is 11.2. The first-order chi connectivity index (χ1) is 9.40. The molecule has 0 spiro atoms. The molecule has 0 amide bonds. The topological polar surface area (TPSA) is 101 Å². The largest absolute Gasteiger partial charge is 0.478 e. The van der Waals surface area contributed by atoms with E-state index < -0.39 is 5.97 Å². The van der Waals surface area contributed by atoms with Crippen LogP contribution in [0.5, 0.6) is 0 Å². The van der Waals surface area contributed by atoms with Gasteiger partial charge in [-0.25, -0.2) is 4.79 Å². The molecule has 0 saturated heterocycles. The Morgan fingerprint density at radius 3 is 2.75 bits per heavy atom. The molecule has 0 saturated carbocycles. The number of aromatic nitrogens is 1. The Morgan fingerprint density at radius 2 is 2.20 bits per heavy atom. The number of anilines is 2. The number of nitrogens with zero attached hydrogens (tertiary/aromatic N) is 1. The molecule has 1 aromatic carbocycles. The van der Waals surface area contributed by atoms with Crippen LogP contribution >= 0.6 is 11.6 Å². The predicted octanol–water partition coefficient (Wildman–Crippen LogP) is 2.84. The number of halogens is 1. The molecule has 2 rings (SSSR count). The third kappa shape index (κ3) is 2.70. The second-order valence-electron chi connectivity index (χ2n) is 4.39. The number of benzene rings is 1. The van der Waals surface area contributed by atoms with Crippen molar-refractivity contribution in [1.29, 1.82) is 0 Å². The van der Waals surface area contributed by atoms with Crippen molar-refractivity contribution in [3.05, 3.63) is 39.7 Å². The van der Waals surface area contributed by atoms with Crippen molar-refractivity contribution in [3.63, 3.8) is 0 Å². The minimum atomic E-state index is -1.10. The van der Waals surface area contributed by atoms with Crippen molar-refractivity contribution < 1.29 is 14.4 Å². The standard InChI is InChI=1S/C13H14ClN3O3/c1-6-10(7(2)20-17-6)5-16-12-9(13(18)19)3-8(15)4-11(12)14/h3-4,16H,5,15H2,1-2H3,(H,18,19). The van der Waals surface area contributed by atoms with Crippen LogP contribution in [0.25, 0.3) is 0 Å². The molecule has 4 N–H and O–H groups in total. The van der Waals surface area contributed by atoms with Gasteiger partial charge in [0.15, 0.2) is 0 Å². The fourth-order valence-electron chi connectivity index (χ4n) is 1.91. The molecular formula is C13H14ClN3O3. The van der Waals surface area contributed by atoms with Crippen molar-refractivity contribution in [3.8, 4) is 0 Å². The van der Waals surface area contributed by atoms with Gasteiger partial charge in [-0.1, -0.05) is 16.8 Å². The molecule has 0 bridgehead atoms. The minimum absolute atomic E-state index is 0.0294. The monoisotopic (exact) mass is 295 g/mol. The molecule has 0 aliphatic heterocycles. The molecule has 0 fully saturated rings. The third-order valence-electron chi connectivity index (χ3n) is 2.97. The van der Waals surface area contributed by atoms with Crippen LogP contribution in [-0.2, 0) is 6.54 Å². The molecule has 6 nitrogen and oxygen atoms in total. The van der Waals surface area contributed by atoms with E-state index in [2.05, 4.69) is 10.5 Å². The Morgan fingerprint density at radius 1 is 1.50 bits per heavy atom. The van der Waals surface area contributed by atoms with E-state index in [-0.39, 0.29) is 10.6 Å². The number of nitrogens with two attached hydrogens (primary N) is 1. The van der Waals surface area contributed by atoms with Crippen LogP contribution < -0.4 is 11.1 Å².